The van der Waals surface area contributed by atoms with Crippen molar-refractivity contribution in [2.45, 2.75) is 19.3 Å². The van der Waals surface area contributed by atoms with Gasteiger partial charge in [-0.3, -0.25) is 4.79 Å². The molecule has 1 aromatic rings. The average molecular weight is 234 g/mol. The van der Waals surface area contributed by atoms with E-state index in [1.807, 2.05) is 0 Å². The van der Waals surface area contributed by atoms with Crippen LogP contribution in [0, 0.1) is 17.5 Å². The van der Waals surface area contributed by atoms with Crippen molar-refractivity contribution in [2.24, 2.45) is 0 Å². The lowest BCUT2D eigenvalue weighted by molar-refractivity contribution is -0.137. The Labute approximate surface area is 89.1 Å². The Kier molecular flexibility index (Phi) is 3.41. The van der Waals surface area contributed by atoms with E-state index in [-0.39, 0.29) is 5.56 Å². The number of rotatable bonds is 3. The van der Waals surface area contributed by atoms with Crippen LogP contribution in [0.1, 0.15) is 24.8 Å². The average Bonchev–Trinajstić information content (AvgIpc) is 2.19. The first kappa shape index (κ1) is 12.4. The van der Waals surface area contributed by atoms with Gasteiger partial charge in [0.2, 0.25) is 5.82 Å². The minimum atomic E-state index is -1.77. The normalized spacial score (nSPS) is 12.5. The molecule has 0 radical (unpaired) electrons. The standard InChI is InChI=1S/C10H9F3O3/c1-4(2-7(14)15)5-3-6(11)8(12)9(13)10(5)16/h3-4,16H,2H2,1H3,(H,14,15). The summed E-state index contributed by atoms with van der Waals surface area (Å²) in [6, 6.07) is 0.599. The van der Waals surface area contributed by atoms with Crippen molar-refractivity contribution < 1.29 is 28.2 Å². The molecule has 1 unspecified atom stereocenters. The van der Waals surface area contributed by atoms with Crippen LogP contribution in [0.5, 0.6) is 5.75 Å². The number of carbonyl (C=O) groups is 1. The maximum atomic E-state index is 12.9. The number of carboxylic acids is 1. The summed E-state index contributed by atoms with van der Waals surface area (Å²) in [6.07, 6.45) is -0.419. The lowest BCUT2D eigenvalue weighted by Crippen LogP contribution is -2.05. The summed E-state index contributed by atoms with van der Waals surface area (Å²) >= 11 is 0. The molecule has 2 N–H and O–H groups in total. The Morgan fingerprint density at radius 2 is 1.94 bits per heavy atom. The number of aromatic hydroxyl groups is 1. The molecule has 3 nitrogen and oxygen atoms in total. The zero-order valence-corrected chi connectivity index (χ0v) is 8.30. The fraction of sp³-hybridized carbons (Fsp3) is 0.300. The van der Waals surface area contributed by atoms with Gasteiger partial charge >= 0.3 is 5.97 Å². The topological polar surface area (TPSA) is 57.5 Å². The summed E-state index contributed by atoms with van der Waals surface area (Å²) in [5.41, 5.74) is -0.265. The Bertz CT molecular complexity index is 432. The third-order valence-corrected chi connectivity index (χ3v) is 2.18. The molecule has 0 saturated heterocycles. The van der Waals surface area contributed by atoms with Crippen LogP contribution in [0.25, 0.3) is 0 Å². The monoisotopic (exact) mass is 234 g/mol. The lowest BCUT2D eigenvalue weighted by Gasteiger charge is -2.12. The molecule has 0 aliphatic carbocycles. The molecule has 0 aliphatic heterocycles. The SMILES string of the molecule is CC(CC(=O)O)c1cc(F)c(F)c(F)c1O. The third kappa shape index (κ3) is 2.26. The molecular formula is C10H9F3O3. The van der Waals surface area contributed by atoms with Crippen LogP contribution in [-0.2, 0) is 4.79 Å². The Balaban J connectivity index is 3.19. The van der Waals surface area contributed by atoms with E-state index in [0.29, 0.717) is 6.07 Å². The molecule has 0 spiro atoms. The Hall–Kier alpha value is -1.72. The molecule has 1 rings (SSSR count). The van der Waals surface area contributed by atoms with Gasteiger partial charge in [0.1, 0.15) is 0 Å². The summed E-state index contributed by atoms with van der Waals surface area (Å²) in [6.45, 7) is 1.36. The number of carboxylic acid groups (broad SMARTS) is 1. The van der Waals surface area contributed by atoms with Gasteiger partial charge in [0.05, 0.1) is 6.42 Å². The van der Waals surface area contributed by atoms with Crippen LogP contribution in [0.15, 0.2) is 6.07 Å². The van der Waals surface area contributed by atoms with Crippen molar-refractivity contribution >= 4 is 5.97 Å². The van der Waals surface area contributed by atoms with Crippen molar-refractivity contribution in [1.82, 2.24) is 0 Å². The molecule has 0 bridgehead atoms. The van der Waals surface area contributed by atoms with Gasteiger partial charge in [-0.05, 0) is 12.0 Å². The van der Waals surface area contributed by atoms with Crippen molar-refractivity contribution in [3.63, 3.8) is 0 Å². The second kappa shape index (κ2) is 4.42. The molecule has 0 amide bonds. The first-order valence-electron chi connectivity index (χ1n) is 4.42. The Morgan fingerprint density at radius 1 is 1.38 bits per heavy atom. The van der Waals surface area contributed by atoms with Gasteiger partial charge in [-0.1, -0.05) is 6.92 Å². The summed E-state index contributed by atoms with van der Waals surface area (Å²) < 4.78 is 38.5. The van der Waals surface area contributed by atoms with Gasteiger partial charge in [-0.15, -0.1) is 0 Å². The minimum absolute atomic E-state index is 0.265. The highest BCUT2D eigenvalue weighted by atomic mass is 19.2. The highest BCUT2D eigenvalue weighted by Gasteiger charge is 2.22. The van der Waals surface area contributed by atoms with E-state index in [2.05, 4.69) is 0 Å². The summed E-state index contributed by atoms with van der Waals surface area (Å²) in [4.78, 5) is 10.4. The van der Waals surface area contributed by atoms with Crippen molar-refractivity contribution in [2.75, 3.05) is 0 Å². The van der Waals surface area contributed by atoms with Crippen LogP contribution in [0.4, 0.5) is 13.2 Å². The molecule has 0 saturated carbocycles. The molecule has 88 valence electrons. The van der Waals surface area contributed by atoms with Crippen LogP contribution in [-0.4, -0.2) is 16.2 Å². The van der Waals surface area contributed by atoms with E-state index in [1.54, 1.807) is 0 Å². The van der Waals surface area contributed by atoms with Crippen LogP contribution in [0.2, 0.25) is 0 Å². The van der Waals surface area contributed by atoms with Gasteiger partial charge in [0.15, 0.2) is 17.4 Å². The number of phenols is 1. The van der Waals surface area contributed by atoms with Crippen LogP contribution < -0.4 is 0 Å². The van der Waals surface area contributed by atoms with Crippen molar-refractivity contribution in [3.8, 4) is 5.75 Å². The number of hydrogen-bond donors (Lipinski definition) is 2. The van der Waals surface area contributed by atoms with Crippen LogP contribution in [0.3, 0.4) is 0 Å². The van der Waals surface area contributed by atoms with E-state index in [4.69, 9.17) is 5.11 Å². The molecule has 0 heterocycles. The lowest BCUT2D eigenvalue weighted by atomic mass is 9.96. The largest absolute Gasteiger partial charge is 0.505 e. The molecule has 16 heavy (non-hydrogen) atoms. The number of benzene rings is 1. The molecule has 1 atom stereocenters. The summed E-state index contributed by atoms with van der Waals surface area (Å²) in [5.74, 6) is -7.98. The van der Waals surface area contributed by atoms with E-state index < -0.39 is 41.5 Å². The molecule has 1 aromatic carbocycles. The maximum Gasteiger partial charge on any atom is 0.303 e. The third-order valence-electron chi connectivity index (χ3n) is 2.18. The second-order valence-corrected chi connectivity index (χ2v) is 3.42. The second-order valence-electron chi connectivity index (χ2n) is 3.42. The first-order valence-corrected chi connectivity index (χ1v) is 4.42. The number of aliphatic carboxylic acids is 1. The highest BCUT2D eigenvalue weighted by Crippen LogP contribution is 2.32. The van der Waals surface area contributed by atoms with E-state index in [0.717, 1.165) is 0 Å². The van der Waals surface area contributed by atoms with Gasteiger partial charge in [-0.2, -0.15) is 4.39 Å². The summed E-state index contributed by atoms with van der Waals surface area (Å²) in [5, 5.41) is 17.7. The minimum Gasteiger partial charge on any atom is -0.505 e. The van der Waals surface area contributed by atoms with Gasteiger partial charge in [-0.25, -0.2) is 8.78 Å². The van der Waals surface area contributed by atoms with Gasteiger partial charge in [0, 0.05) is 5.56 Å². The highest BCUT2D eigenvalue weighted by molar-refractivity contribution is 5.68. The predicted molar refractivity (Wildman–Crippen MR) is 48.6 cm³/mol. The predicted octanol–water partition coefficient (Wildman–Crippen LogP) is 2.39. The van der Waals surface area contributed by atoms with Crippen molar-refractivity contribution in [3.05, 3.63) is 29.1 Å². The van der Waals surface area contributed by atoms with Gasteiger partial charge < -0.3 is 10.2 Å². The zero-order valence-electron chi connectivity index (χ0n) is 8.30. The number of phenolic OH excluding ortho intramolecular Hbond substituents is 1. The smallest absolute Gasteiger partial charge is 0.303 e. The quantitative estimate of drug-likeness (QED) is 0.789. The van der Waals surface area contributed by atoms with Gasteiger partial charge in [0.25, 0.3) is 0 Å². The fourth-order valence-electron chi connectivity index (χ4n) is 1.35. The Morgan fingerprint density at radius 3 is 2.44 bits per heavy atom. The fourth-order valence-corrected chi connectivity index (χ4v) is 1.35. The zero-order chi connectivity index (χ0) is 12.5. The van der Waals surface area contributed by atoms with Crippen molar-refractivity contribution in [1.29, 1.82) is 0 Å². The molecule has 0 aromatic heterocycles. The molecule has 0 fully saturated rings. The molecular weight excluding hydrogens is 225 g/mol. The van der Waals surface area contributed by atoms with E-state index in [1.165, 1.54) is 6.92 Å². The van der Waals surface area contributed by atoms with E-state index >= 15 is 0 Å². The summed E-state index contributed by atoms with van der Waals surface area (Å²) in [7, 11) is 0. The molecule has 0 aliphatic rings. The molecule has 6 heteroatoms. The number of halogens is 3. The van der Waals surface area contributed by atoms with E-state index in [9.17, 15) is 23.1 Å². The number of hydrogen-bond acceptors (Lipinski definition) is 2. The van der Waals surface area contributed by atoms with Crippen LogP contribution >= 0.6 is 0 Å². The maximum absolute atomic E-state index is 12.9. The first-order chi connectivity index (χ1) is 7.34.